The number of aromatic nitrogens is 2. The van der Waals surface area contributed by atoms with Gasteiger partial charge in [-0.1, -0.05) is 0 Å². The van der Waals surface area contributed by atoms with Crippen LogP contribution in [-0.4, -0.2) is 20.6 Å². The minimum Gasteiger partial charge on any atom is -0.480 e. The molecular formula is C9H15N3O2. The van der Waals surface area contributed by atoms with E-state index < -0.39 is 12.0 Å². The second kappa shape index (κ2) is 3.42. The van der Waals surface area contributed by atoms with Gasteiger partial charge in [0.15, 0.2) is 6.04 Å². The first-order chi connectivity index (χ1) is 6.34. The Bertz CT molecular complexity index is 338. The predicted octanol–water partition coefficient (Wildman–Crippen LogP) is 0.723. The Labute approximate surface area is 82.6 Å². The summed E-state index contributed by atoms with van der Waals surface area (Å²) in [6.07, 6.45) is 3.29. The zero-order valence-electron chi connectivity index (χ0n) is 8.56. The number of carboxylic acid groups (broad SMARTS) is 1. The Kier molecular flexibility index (Phi) is 2.62. The van der Waals surface area contributed by atoms with E-state index in [1.54, 1.807) is 17.0 Å². The first-order valence-electron chi connectivity index (χ1n) is 4.36. The summed E-state index contributed by atoms with van der Waals surface area (Å²) in [5, 5.41) is 8.77. The largest absolute Gasteiger partial charge is 0.480 e. The number of hydrogen-bond acceptors (Lipinski definition) is 3. The van der Waals surface area contributed by atoms with Gasteiger partial charge in [0.1, 0.15) is 5.82 Å². The van der Waals surface area contributed by atoms with Gasteiger partial charge in [-0.3, -0.25) is 4.79 Å². The van der Waals surface area contributed by atoms with E-state index >= 15 is 0 Å². The molecule has 0 fully saturated rings. The number of nitrogens with two attached hydrogens (primary N) is 1. The van der Waals surface area contributed by atoms with Crippen molar-refractivity contribution >= 4 is 5.97 Å². The van der Waals surface area contributed by atoms with Gasteiger partial charge in [-0.15, -0.1) is 0 Å². The third kappa shape index (κ3) is 1.93. The lowest BCUT2D eigenvalue weighted by Gasteiger charge is -2.24. The summed E-state index contributed by atoms with van der Waals surface area (Å²) in [6, 6.07) is -1.07. The standard InChI is InChI=1S/C9H15N3O2/c1-9(2,3)12-5-4-11-7(12)6(10)8(13)14/h4-6H,10H2,1-3H3,(H,13,14). The smallest absolute Gasteiger partial charge is 0.328 e. The average Bonchev–Trinajstić information content (AvgIpc) is 2.48. The maximum atomic E-state index is 10.7. The maximum absolute atomic E-state index is 10.7. The Morgan fingerprint density at radius 1 is 1.64 bits per heavy atom. The molecule has 1 rings (SSSR count). The van der Waals surface area contributed by atoms with Crippen molar-refractivity contribution in [3.05, 3.63) is 18.2 Å². The molecule has 1 heterocycles. The Balaban J connectivity index is 3.11. The van der Waals surface area contributed by atoms with Crippen molar-refractivity contribution in [3.8, 4) is 0 Å². The normalized spacial score (nSPS) is 14.0. The number of aliphatic carboxylic acids is 1. The molecule has 1 aromatic rings. The van der Waals surface area contributed by atoms with Crippen molar-refractivity contribution in [1.29, 1.82) is 0 Å². The summed E-state index contributed by atoms with van der Waals surface area (Å²) in [7, 11) is 0. The predicted molar refractivity (Wildman–Crippen MR) is 51.8 cm³/mol. The summed E-state index contributed by atoms with van der Waals surface area (Å²) in [4.78, 5) is 14.7. The van der Waals surface area contributed by atoms with Crippen LogP contribution in [0.1, 0.15) is 32.6 Å². The Morgan fingerprint density at radius 2 is 2.21 bits per heavy atom. The van der Waals surface area contributed by atoms with Crippen LogP contribution in [0.5, 0.6) is 0 Å². The van der Waals surface area contributed by atoms with E-state index in [-0.39, 0.29) is 5.54 Å². The molecule has 0 aliphatic rings. The van der Waals surface area contributed by atoms with E-state index in [1.807, 2.05) is 20.8 Å². The fourth-order valence-electron chi connectivity index (χ4n) is 1.22. The van der Waals surface area contributed by atoms with E-state index in [4.69, 9.17) is 10.8 Å². The summed E-state index contributed by atoms with van der Waals surface area (Å²) in [6.45, 7) is 5.90. The van der Waals surface area contributed by atoms with E-state index in [0.29, 0.717) is 5.82 Å². The van der Waals surface area contributed by atoms with Crippen molar-refractivity contribution in [2.24, 2.45) is 5.73 Å². The van der Waals surface area contributed by atoms with Gasteiger partial charge in [-0.25, -0.2) is 4.98 Å². The van der Waals surface area contributed by atoms with Gasteiger partial charge in [0, 0.05) is 17.9 Å². The highest BCUT2D eigenvalue weighted by Crippen LogP contribution is 2.19. The zero-order valence-corrected chi connectivity index (χ0v) is 8.56. The molecule has 0 radical (unpaired) electrons. The van der Waals surface area contributed by atoms with Gasteiger partial charge in [0.05, 0.1) is 0 Å². The maximum Gasteiger partial charge on any atom is 0.328 e. The third-order valence-electron chi connectivity index (χ3n) is 1.94. The zero-order chi connectivity index (χ0) is 10.9. The van der Waals surface area contributed by atoms with Gasteiger partial charge in [-0.2, -0.15) is 0 Å². The highest BCUT2D eigenvalue weighted by molar-refractivity contribution is 5.74. The number of hydrogen-bond donors (Lipinski definition) is 2. The molecule has 0 amide bonds. The summed E-state index contributed by atoms with van der Waals surface area (Å²) in [5.74, 6) is -0.688. The molecule has 3 N–H and O–H groups in total. The minimum absolute atomic E-state index is 0.209. The number of imidazole rings is 1. The van der Waals surface area contributed by atoms with E-state index in [9.17, 15) is 4.79 Å². The monoisotopic (exact) mass is 197 g/mol. The van der Waals surface area contributed by atoms with E-state index in [1.165, 1.54) is 0 Å². The minimum atomic E-state index is -1.07. The van der Waals surface area contributed by atoms with Gasteiger partial charge in [0.2, 0.25) is 0 Å². The molecule has 1 unspecified atom stereocenters. The van der Waals surface area contributed by atoms with E-state index in [2.05, 4.69) is 4.98 Å². The highest BCUT2D eigenvalue weighted by atomic mass is 16.4. The molecule has 5 nitrogen and oxygen atoms in total. The fourth-order valence-corrected chi connectivity index (χ4v) is 1.22. The molecule has 1 aromatic heterocycles. The lowest BCUT2D eigenvalue weighted by molar-refractivity contribution is -0.138. The quantitative estimate of drug-likeness (QED) is 0.732. The average molecular weight is 197 g/mol. The highest BCUT2D eigenvalue weighted by Gasteiger charge is 2.24. The lowest BCUT2D eigenvalue weighted by atomic mass is 10.1. The number of carboxylic acids is 1. The molecule has 0 saturated carbocycles. The van der Waals surface area contributed by atoms with Crippen LogP contribution < -0.4 is 5.73 Å². The topological polar surface area (TPSA) is 81.1 Å². The molecule has 1 atom stereocenters. The van der Waals surface area contributed by atoms with Gasteiger partial charge in [0.25, 0.3) is 0 Å². The van der Waals surface area contributed by atoms with E-state index in [0.717, 1.165) is 0 Å². The van der Waals surface area contributed by atoms with Gasteiger partial charge >= 0.3 is 5.97 Å². The summed E-state index contributed by atoms with van der Waals surface area (Å²) < 4.78 is 1.77. The van der Waals surface area contributed by atoms with Crippen LogP contribution >= 0.6 is 0 Å². The Morgan fingerprint density at radius 3 is 2.64 bits per heavy atom. The van der Waals surface area contributed by atoms with Crippen LogP contribution in [0.3, 0.4) is 0 Å². The van der Waals surface area contributed by atoms with Crippen LogP contribution in [0.15, 0.2) is 12.4 Å². The lowest BCUT2D eigenvalue weighted by Crippen LogP contribution is -2.30. The summed E-state index contributed by atoms with van der Waals surface area (Å²) in [5.41, 5.74) is 5.29. The van der Waals surface area contributed by atoms with Crippen molar-refractivity contribution in [3.63, 3.8) is 0 Å². The molecule has 5 heteroatoms. The van der Waals surface area contributed by atoms with Crippen LogP contribution in [0.25, 0.3) is 0 Å². The second-order valence-electron chi connectivity index (χ2n) is 4.14. The Hall–Kier alpha value is -1.36. The molecule has 78 valence electrons. The molecule has 0 aliphatic carbocycles. The molecule has 0 bridgehead atoms. The molecule has 0 spiro atoms. The van der Waals surface area contributed by atoms with Crippen molar-refractivity contribution < 1.29 is 9.90 Å². The van der Waals surface area contributed by atoms with Gasteiger partial charge in [-0.05, 0) is 20.8 Å². The molecule has 14 heavy (non-hydrogen) atoms. The molecular weight excluding hydrogens is 182 g/mol. The van der Waals surface area contributed by atoms with Crippen LogP contribution in [0.4, 0.5) is 0 Å². The van der Waals surface area contributed by atoms with Crippen LogP contribution in [0.2, 0.25) is 0 Å². The van der Waals surface area contributed by atoms with Crippen molar-refractivity contribution in [2.75, 3.05) is 0 Å². The fraction of sp³-hybridized carbons (Fsp3) is 0.556. The van der Waals surface area contributed by atoms with Crippen LogP contribution in [0, 0.1) is 0 Å². The second-order valence-corrected chi connectivity index (χ2v) is 4.14. The SMILES string of the molecule is CC(C)(C)n1ccnc1C(N)C(=O)O. The van der Waals surface area contributed by atoms with Crippen molar-refractivity contribution in [1.82, 2.24) is 9.55 Å². The number of rotatable bonds is 2. The van der Waals surface area contributed by atoms with Gasteiger partial charge < -0.3 is 15.4 Å². The molecule has 0 saturated heterocycles. The number of nitrogens with zero attached hydrogens (tertiary/aromatic N) is 2. The first-order valence-corrected chi connectivity index (χ1v) is 4.36. The van der Waals surface area contributed by atoms with Crippen molar-refractivity contribution in [2.45, 2.75) is 32.4 Å². The molecule has 0 aromatic carbocycles. The third-order valence-corrected chi connectivity index (χ3v) is 1.94. The molecule has 0 aliphatic heterocycles. The van der Waals surface area contributed by atoms with Crippen LogP contribution in [-0.2, 0) is 10.3 Å². The first kappa shape index (κ1) is 10.7. The number of carbonyl (C=O) groups is 1. The summed E-state index contributed by atoms with van der Waals surface area (Å²) >= 11 is 0.